The molecule has 1 fully saturated rings. The third kappa shape index (κ3) is 4.23. The van der Waals surface area contributed by atoms with Crippen LogP contribution in [0.25, 0.3) is 11.3 Å². The third-order valence-corrected chi connectivity index (χ3v) is 3.46. The second-order valence-electron chi connectivity index (χ2n) is 4.96. The van der Waals surface area contributed by atoms with Gasteiger partial charge in [0.2, 0.25) is 0 Å². The van der Waals surface area contributed by atoms with Crippen LogP contribution in [0.3, 0.4) is 0 Å². The van der Waals surface area contributed by atoms with Crippen LogP contribution in [-0.2, 0) is 4.74 Å². The molecule has 0 radical (unpaired) electrons. The van der Waals surface area contributed by atoms with Crippen LogP contribution in [0, 0.1) is 0 Å². The van der Waals surface area contributed by atoms with Gasteiger partial charge in [0.15, 0.2) is 11.3 Å². The van der Waals surface area contributed by atoms with Crippen LogP contribution in [0.4, 0.5) is 5.88 Å². The summed E-state index contributed by atoms with van der Waals surface area (Å²) in [4.78, 5) is 24.8. The number of carbonyl (C=O) groups is 1. The van der Waals surface area contributed by atoms with Gasteiger partial charge in [-0.3, -0.25) is 4.79 Å². The summed E-state index contributed by atoms with van der Waals surface area (Å²) in [6.07, 6.45) is 0. The maximum atomic E-state index is 11.9. The van der Waals surface area contributed by atoms with Crippen LogP contribution in [0.15, 0.2) is 45.6 Å². The second kappa shape index (κ2) is 7.79. The topological polar surface area (TPSA) is 82.8 Å². The molecule has 1 saturated heterocycles. The van der Waals surface area contributed by atoms with Gasteiger partial charge >= 0.3 is 29.6 Å². The van der Waals surface area contributed by atoms with Gasteiger partial charge < -0.3 is 24.0 Å². The van der Waals surface area contributed by atoms with Crippen molar-refractivity contribution >= 4 is 11.9 Å². The van der Waals surface area contributed by atoms with E-state index in [4.69, 9.17) is 9.15 Å². The van der Waals surface area contributed by atoms with E-state index in [0.717, 1.165) is 0 Å². The van der Waals surface area contributed by atoms with Crippen molar-refractivity contribution in [3.8, 4) is 11.3 Å². The predicted molar refractivity (Wildman–Crippen MR) is 77.8 cm³/mol. The quantitative estimate of drug-likeness (QED) is 0.581. The summed E-state index contributed by atoms with van der Waals surface area (Å²) in [5.41, 5.74) is 0.368. The molecule has 1 aromatic carbocycles. The number of aromatic carboxylic acids is 1. The zero-order valence-corrected chi connectivity index (χ0v) is 14.8. The molecule has 0 atom stereocenters. The number of carboxylic acids is 1. The number of rotatable bonds is 3. The molecule has 3 rings (SSSR count). The van der Waals surface area contributed by atoms with Crippen molar-refractivity contribution in [2.75, 3.05) is 31.2 Å². The van der Waals surface area contributed by atoms with Crippen LogP contribution >= 0.6 is 0 Å². The van der Waals surface area contributed by atoms with Crippen LogP contribution in [0.2, 0.25) is 0 Å². The van der Waals surface area contributed by atoms with Gasteiger partial charge in [-0.2, -0.15) is 0 Å². The van der Waals surface area contributed by atoms with Gasteiger partial charge in [0, 0.05) is 30.8 Å². The van der Waals surface area contributed by atoms with Crippen LogP contribution in [0.5, 0.6) is 0 Å². The SMILES string of the molecule is O=C([O-])c1cccc(-c2cc(=O)cc(N3CCOCC3)o2)c1.[Na+]. The first-order valence-corrected chi connectivity index (χ1v) is 6.93. The normalized spacial score (nSPS) is 14.2. The Morgan fingerprint density at radius 3 is 2.57 bits per heavy atom. The van der Waals surface area contributed by atoms with Crippen LogP contribution < -0.4 is 45.0 Å². The van der Waals surface area contributed by atoms with Crippen molar-refractivity contribution < 1.29 is 48.6 Å². The minimum atomic E-state index is -1.27. The van der Waals surface area contributed by atoms with E-state index in [9.17, 15) is 14.7 Å². The van der Waals surface area contributed by atoms with E-state index in [2.05, 4.69) is 0 Å². The number of hydrogen-bond donors (Lipinski definition) is 0. The van der Waals surface area contributed by atoms with Gasteiger partial charge in [-0.25, -0.2) is 0 Å². The van der Waals surface area contributed by atoms with Gasteiger partial charge in [-0.05, 0) is 11.6 Å². The smallest absolute Gasteiger partial charge is 0.545 e. The molecule has 0 aliphatic carbocycles. The number of morpholine rings is 1. The molecule has 0 amide bonds. The molecule has 1 aliphatic heterocycles. The zero-order valence-electron chi connectivity index (χ0n) is 12.8. The van der Waals surface area contributed by atoms with E-state index in [-0.39, 0.29) is 40.5 Å². The Kier molecular flexibility index (Phi) is 6.01. The molecule has 2 heterocycles. The Hall–Kier alpha value is -1.60. The number of nitrogens with zero attached hydrogens (tertiary/aromatic N) is 1. The van der Waals surface area contributed by atoms with E-state index in [0.29, 0.717) is 43.5 Å². The third-order valence-electron chi connectivity index (χ3n) is 3.46. The number of benzene rings is 1. The monoisotopic (exact) mass is 323 g/mol. The molecule has 0 spiro atoms. The summed E-state index contributed by atoms with van der Waals surface area (Å²) in [6.45, 7) is 2.44. The summed E-state index contributed by atoms with van der Waals surface area (Å²) < 4.78 is 11.1. The first kappa shape index (κ1) is 17.7. The zero-order chi connectivity index (χ0) is 15.5. The maximum absolute atomic E-state index is 11.9. The average Bonchev–Trinajstić information content (AvgIpc) is 2.55. The molecule has 1 aromatic heterocycles. The van der Waals surface area contributed by atoms with Gasteiger partial charge in [0.1, 0.15) is 5.76 Å². The fourth-order valence-electron chi connectivity index (χ4n) is 2.35. The molecule has 7 heteroatoms. The molecule has 23 heavy (non-hydrogen) atoms. The average molecular weight is 323 g/mol. The van der Waals surface area contributed by atoms with Crippen molar-refractivity contribution in [2.24, 2.45) is 0 Å². The standard InChI is InChI=1S/C16H15NO5.Na/c18-13-9-14(11-2-1-3-12(8-11)16(19)20)22-15(10-13)17-4-6-21-7-5-17;/h1-3,8-10H,4-7H2,(H,19,20);/q;+1/p-1. The number of hydrogen-bond acceptors (Lipinski definition) is 6. The molecular weight excluding hydrogens is 309 g/mol. The van der Waals surface area contributed by atoms with Gasteiger partial charge in [-0.1, -0.05) is 18.2 Å². The summed E-state index contributed by atoms with van der Waals surface area (Å²) in [7, 11) is 0. The summed E-state index contributed by atoms with van der Waals surface area (Å²) in [6, 6.07) is 8.91. The van der Waals surface area contributed by atoms with Gasteiger partial charge in [-0.15, -0.1) is 0 Å². The first-order valence-electron chi connectivity index (χ1n) is 6.93. The molecule has 0 saturated carbocycles. The molecule has 1 aliphatic rings. The molecule has 0 bridgehead atoms. The van der Waals surface area contributed by atoms with E-state index in [1.807, 2.05) is 4.90 Å². The maximum Gasteiger partial charge on any atom is 1.00 e. The molecule has 0 unspecified atom stereocenters. The Labute approximate surface area is 155 Å². The summed E-state index contributed by atoms with van der Waals surface area (Å²) in [5.74, 6) is -0.477. The Balaban J connectivity index is 0.00000192. The second-order valence-corrected chi connectivity index (χ2v) is 4.96. The minimum absolute atomic E-state index is 0. The number of anilines is 1. The first-order chi connectivity index (χ1) is 10.6. The minimum Gasteiger partial charge on any atom is -0.545 e. The molecule has 2 aromatic rings. The Morgan fingerprint density at radius 2 is 1.87 bits per heavy atom. The molecule has 114 valence electrons. The van der Waals surface area contributed by atoms with E-state index in [1.165, 1.54) is 24.3 Å². The predicted octanol–water partition coefficient (Wildman–Crippen LogP) is -2.49. The fourth-order valence-corrected chi connectivity index (χ4v) is 2.35. The van der Waals surface area contributed by atoms with Gasteiger partial charge in [0.25, 0.3) is 0 Å². The molecule has 6 nitrogen and oxygen atoms in total. The fraction of sp³-hybridized carbons (Fsp3) is 0.250. The number of carbonyl (C=O) groups excluding carboxylic acids is 1. The summed E-state index contributed by atoms with van der Waals surface area (Å²) in [5, 5.41) is 10.9. The molecule has 0 N–H and O–H groups in total. The Morgan fingerprint density at radius 1 is 1.13 bits per heavy atom. The van der Waals surface area contributed by atoms with Crippen molar-refractivity contribution in [1.29, 1.82) is 0 Å². The van der Waals surface area contributed by atoms with Gasteiger partial charge in [0.05, 0.1) is 19.2 Å². The van der Waals surface area contributed by atoms with Crippen molar-refractivity contribution in [1.82, 2.24) is 0 Å². The molecular formula is C16H14NNaO5. The van der Waals surface area contributed by atoms with Crippen LogP contribution in [-0.4, -0.2) is 32.3 Å². The summed E-state index contributed by atoms with van der Waals surface area (Å²) >= 11 is 0. The van der Waals surface area contributed by atoms with Crippen LogP contribution in [0.1, 0.15) is 10.4 Å². The van der Waals surface area contributed by atoms with E-state index >= 15 is 0 Å². The Bertz CT molecular complexity index is 752. The number of ether oxygens (including phenoxy) is 1. The van der Waals surface area contributed by atoms with Crippen molar-refractivity contribution in [3.63, 3.8) is 0 Å². The van der Waals surface area contributed by atoms with Crippen molar-refractivity contribution in [2.45, 2.75) is 0 Å². The van der Waals surface area contributed by atoms with Crippen molar-refractivity contribution in [3.05, 3.63) is 52.2 Å². The largest absolute Gasteiger partial charge is 1.00 e. The number of carboxylic acid groups (broad SMARTS) is 1. The van der Waals surface area contributed by atoms with E-state index < -0.39 is 5.97 Å². The van der Waals surface area contributed by atoms with E-state index in [1.54, 1.807) is 12.1 Å².